The number of aliphatic hydroxyl groups is 1. The lowest BCUT2D eigenvalue weighted by molar-refractivity contribution is -0.144. The number of amides is 1. The number of aliphatic hydroxyl groups excluding tert-OH is 1. The van der Waals surface area contributed by atoms with Crippen molar-refractivity contribution in [3.05, 3.63) is 29.3 Å². The normalized spacial score (nSPS) is 21.9. The molecule has 2 N–H and O–H groups in total. The second-order valence-corrected chi connectivity index (χ2v) is 11.4. The largest absolute Gasteiger partial charge is 0.493 e. The number of hydrogen-bond acceptors (Lipinski definition) is 5. The van der Waals surface area contributed by atoms with E-state index in [9.17, 15) is 19.8 Å². The van der Waals surface area contributed by atoms with Crippen molar-refractivity contribution < 1.29 is 24.5 Å². The van der Waals surface area contributed by atoms with E-state index in [1.54, 1.807) is 0 Å². The smallest absolute Gasteiger partial charge is 0.308 e. The molecule has 7 nitrogen and oxygen atoms in total. The molecule has 1 aromatic rings. The van der Waals surface area contributed by atoms with Gasteiger partial charge in [-0.05, 0) is 48.3 Å². The molecule has 0 aliphatic carbocycles. The van der Waals surface area contributed by atoms with Crippen LogP contribution in [0.25, 0.3) is 0 Å². The van der Waals surface area contributed by atoms with Crippen molar-refractivity contribution in [2.24, 2.45) is 11.3 Å². The van der Waals surface area contributed by atoms with Crippen LogP contribution in [0.15, 0.2) is 18.2 Å². The molecule has 3 atom stereocenters. The number of carboxylic acid groups (broad SMARTS) is 1. The van der Waals surface area contributed by atoms with E-state index in [-0.39, 0.29) is 36.4 Å². The molecule has 0 saturated carbocycles. The van der Waals surface area contributed by atoms with Crippen molar-refractivity contribution in [2.45, 2.75) is 84.6 Å². The van der Waals surface area contributed by atoms with Crippen molar-refractivity contribution in [1.29, 1.82) is 0 Å². The van der Waals surface area contributed by atoms with Gasteiger partial charge in [-0.2, -0.15) is 0 Å². The SMILES string of the molecule is CCCCN(CCCO)C(=O)CN1C[C@H](c2ccc3c(c2)CCO3)[C@@H](C(=O)O)[C@@H]1CC(C)(C)CCC. The number of benzene rings is 1. The summed E-state index contributed by atoms with van der Waals surface area (Å²) in [5.41, 5.74) is 2.15. The zero-order valence-electron chi connectivity index (χ0n) is 22.7. The highest BCUT2D eigenvalue weighted by molar-refractivity contribution is 5.79. The van der Waals surface area contributed by atoms with E-state index in [0.717, 1.165) is 55.4 Å². The summed E-state index contributed by atoms with van der Waals surface area (Å²) in [4.78, 5) is 30.2. The predicted octanol–water partition coefficient (Wildman–Crippen LogP) is 4.32. The van der Waals surface area contributed by atoms with Gasteiger partial charge >= 0.3 is 5.97 Å². The van der Waals surface area contributed by atoms with E-state index in [4.69, 9.17) is 4.74 Å². The van der Waals surface area contributed by atoms with Crippen LogP contribution in [0.2, 0.25) is 0 Å². The van der Waals surface area contributed by atoms with Gasteiger partial charge < -0.3 is 19.8 Å². The Balaban J connectivity index is 1.90. The van der Waals surface area contributed by atoms with Crippen molar-refractivity contribution in [2.75, 3.05) is 39.4 Å². The summed E-state index contributed by atoms with van der Waals surface area (Å²) < 4.78 is 5.67. The van der Waals surface area contributed by atoms with Gasteiger partial charge in [0.2, 0.25) is 5.91 Å². The first-order chi connectivity index (χ1) is 17.2. The van der Waals surface area contributed by atoms with Gasteiger partial charge in [-0.25, -0.2) is 0 Å². The fourth-order valence-corrected chi connectivity index (χ4v) is 6.11. The third-order valence-corrected chi connectivity index (χ3v) is 7.92. The highest BCUT2D eigenvalue weighted by Crippen LogP contribution is 2.44. The summed E-state index contributed by atoms with van der Waals surface area (Å²) in [6, 6.07) is 5.89. The minimum atomic E-state index is -0.785. The molecule has 36 heavy (non-hydrogen) atoms. The maximum Gasteiger partial charge on any atom is 0.308 e. The Morgan fingerprint density at radius 2 is 1.92 bits per heavy atom. The number of hydrogen-bond donors (Lipinski definition) is 2. The summed E-state index contributed by atoms with van der Waals surface area (Å²) in [5.74, 6) is -0.609. The maximum absolute atomic E-state index is 13.5. The van der Waals surface area contributed by atoms with Crippen molar-refractivity contribution >= 4 is 11.9 Å². The number of fused-ring (bicyclic) bond motifs is 1. The Hall–Kier alpha value is -2.12. The topological polar surface area (TPSA) is 90.3 Å². The predicted molar refractivity (Wildman–Crippen MR) is 141 cm³/mol. The highest BCUT2D eigenvalue weighted by atomic mass is 16.5. The van der Waals surface area contributed by atoms with E-state index >= 15 is 0 Å². The molecule has 1 amide bonds. The van der Waals surface area contributed by atoms with Gasteiger partial charge in [0, 0.05) is 44.6 Å². The summed E-state index contributed by atoms with van der Waals surface area (Å²) in [7, 11) is 0. The molecule has 0 unspecified atom stereocenters. The average Bonchev–Trinajstić information content (AvgIpc) is 3.43. The van der Waals surface area contributed by atoms with Crippen molar-refractivity contribution in [1.82, 2.24) is 9.80 Å². The Labute approximate surface area is 216 Å². The molecule has 0 radical (unpaired) electrons. The van der Waals surface area contributed by atoms with Crippen molar-refractivity contribution in [3.8, 4) is 5.75 Å². The molecular weight excluding hydrogens is 456 g/mol. The molecule has 1 saturated heterocycles. The lowest BCUT2D eigenvalue weighted by Gasteiger charge is -2.35. The quantitative estimate of drug-likeness (QED) is 0.394. The molecule has 1 aromatic carbocycles. The summed E-state index contributed by atoms with van der Waals surface area (Å²) in [5, 5.41) is 19.8. The molecule has 202 valence electrons. The van der Waals surface area contributed by atoms with Crippen LogP contribution in [0.1, 0.15) is 83.3 Å². The lowest BCUT2D eigenvalue weighted by Crippen LogP contribution is -2.46. The summed E-state index contributed by atoms with van der Waals surface area (Å²) in [6.45, 7) is 11.4. The van der Waals surface area contributed by atoms with E-state index in [1.165, 1.54) is 0 Å². The first-order valence-corrected chi connectivity index (χ1v) is 13.8. The molecule has 2 aliphatic rings. The summed E-state index contributed by atoms with van der Waals surface area (Å²) in [6.07, 6.45) is 6.10. The second-order valence-electron chi connectivity index (χ2n) is 11.4. The highest BCUT2D eigenvalue weighted by Gasteiger charge is 2.48. The van der Waals surface area contributed by atoms with Gasteiger partial charge in [-0.1, -0.05) is 52.7 Å². The number of rotatable bonds is 14. The van der Waals surface area contributed by atoms with E-state index in [1.807, 2.05) is 17.0 Å². The maximum atomic E-state index is 13.5. The standard InChI is InChI=1S/C29H46N2O5/c1-5-7-13-30(14-8-15-32)26(33)20-31-19-23(21-9-10-25-22(17-21)11-16-36-25)27(28(34)35)24(31)18-29(3,4)12-6-2/h9-10,17,23-24,27,32H,5-8,11-16,18-20H2,1-4H3,(H,34,35)/t23-,24+,27-/m1/s1. The number of carbonyl (C=O) groups excluding carboxylic acids is 1. The zero-order valence-corrected chi connectivity index (χ0v) is 22.7. The van der Waals surface area contributed by atoms with Crippen LogP contribution in [0.3, 0.4) is 0 Å². The van der Waals surface area contributed by atoms with Gasteiger partial charge in [0.1, 0.15) is 5.75 Å². The van der Waals surface area contributed by atoms with Crippen LogP contribution in [0.4, 0.5) is 0 Å². The van der Waals surface area contributed by atoms with E-state index in [0.29, 0.717) is 32.7 Å². The molecule has 2 heterocycles. The minimum absolute atomic E-state index is 0.0200. The first kappa shape index (κ1) is 28.5. The fourth-order valence-electron chi connectivity index (χ4n) is 6.11. The Kier molecular flexibility index (Phi) is 10.2. The first-order valence-electron chi connectivity index (χ1n) is 13.8. The van der Waals surface area contributed by atoms with Crippen LogP contribution in [0, 0.1) is 11.3 Å². The monoisotopic (exact) mass is 502 g/mol. The Morgan fingerprint density at radius 3 is 2.58 bits per heavy atom. The van der Waals surface area contributed by atoms with Crippen LogP contribution in [-0.2, 0) is 16.0 Å². The fraction of sp³-hybridized carbons (Fsp3) is 0.724. The number of unbranched alkanes of at least 4 members (excludes halogenated alkanes) is 1. The third-order valence-electron chi connectivity index (χ3n) is 7.92. The average molecular weight is 503 g/mol. The number of ether oxygens (including phenoxy) is 1. The van der Waals surface area contributed by atoms with Crippen LogP contribution in [-0.4, -0.2) is 77.3 Å². The molecule has 1 fully saturated rings. The number of carboxylic acids is 1. The third kappa shape index (κ3) is 7.00. The van der Waals surface area contributed by atoms with Crippen LogP contribution in [0.5, 0.6) is 5.75 Å². The Morgan fingerprint density at radius 1 is 1.17 bits per heavy atom. The van der Waals surface area contributed by atoms with Crippen LogP contribution < -0.4 is 4.74 Å². The molecule has 0 aromatic heterocycles. The van der Waals surface area contributed by atoms with Gasteiger partial charge in [-0.3, -0.25) is 14.5 Å². The van der Waals surface area contributed by atoms with Gasteiger partial charge in [0.05, 0.1) is 19.1 Å². The molecule has 7 heteroatoms. The molecule has 0 spiro atoms. The van der Waals surface area contributed by atoms with E-state index < -0.39 is 11.9 Å². The van der Waals surface area contributed by atoms with Gasteiger partial charge in [0.15, 0.2) is 0 Å². The van der Waals surface area contributed by atoms with Gasteiger partial charge in [-0.15, -0.1) is 0 Å². The molecule has 0 bridgehead atoms. The molecule has 3 rings (SSSR count). The second kappa shape index (κ2) is 12.9. The zero-order chi connectivity index (χ0) is 26.3. The number of aliphatic carboxylic acids is 1. The Bertz CT molecular complexity index is 878. The lowest BCUT2D eigenvalue weighted by atomic mass is 9.76. The number of nitrogens with zero attached hydrogens (tertiary/aromatic N) is 2. The van der Waals surface area contributed by atoms with Crippen LogP contribution >= 0.6 is 0 Å². The number of carbonyl (C=O) groups is 2. The molecular formula is C29H46N2O5. The number of likely N-dealkylation sites (tertiary alicyclic amines) is 1. The van der Waals surface area contributed by atoms with Crippen molar-refractivity contribution in [3.63, 3.8) is 0 Å². The summed E-state index contributed by atoms with van der Waals surface area (Å²) >= 11 is 0. The molecule has 2 aliphatic heterocycles. The van der Waals surface area contributed by atoms with E-state index in [2.05, 4.69) is 38.7 Å². The minimum Gasteiger partial charge on any atom is -0.493 e. The van der Waals surface area contributed by atoms with Gasteiger partial charge in [0.25, 0.3) is 0 Å².